The predicted octanol–water partition coefficient (Wildman–Crippen LogP) is 4.15. The van der Waals surface area contributed by atoms with E-state index in [0.29, 0.717) is 15.7 Å². The first-order valence-corrected chi connectivity index (χ1v) is 10.6. The minimum Gasteiger partial charge on any atom is -0.274 e. The van der Waals surface area contributed by atoms with Gasteiger partial charge in [-0.1, -0.05) is 35.3 Å². The summed E-state index contributed by atoms with van der Waals surface area (Å²) in [6, 6.07) is 10.3. The maximum absolute atomic E-state index is 13.6. The number of fused-ring (bicyclic) bond motifs is 3. The average molecular weight is 430 g/mol. The maximum Gasteiger partial charge on any atom is 0.253 e. The molecule has 2 aromatic carbocycles. The third kappa shape index (κ3) is 2.76. The molecule has 0 aliphatic carbocycles. The van der Waals surface area contributed by atoms with Gasteiger partial charge in [0.05, 0.1) is 17.6 Å². The summed E-state index contributed by atoms with van der Waals surface area (Å²) in [4.78, 5) is 28.4. The van der Waals surface area contributed by atoms with Gasteiger partial charge < -0.3 is 0 Å². The third-order valence-electron chi connectivity index (χ3n) is 6.44. The van der Waals surface area contributed by atoms with Crippen LogP contribution in [-0.2, 0) is 9.59 Å². The molecule has 3 atom stereocenters. The van der Waals surface area contributed by atoms with Crippen LogP contribution in [0.4, 0.5) is 5.69 Å². The number of imide groups is 1. The Kier molecular flexibility index (Phi) is 4.48. The van der Waals surface area contributed by atoms with E-state index >= 15 is 0 Å². The van der Waals surface area contributed by atoms with Crippen molar-refractivity contribution in [3.63, 3.8) is 0 Å². The number of hydrogen-bond acceptors (Lipinski definition) is 4. The second kappa shape index (κ2) is 6.81. The van der Waals surface area contributed by atoms with Crippen LogP contribution in [0.25, 0.3) is 0 Å². The van der Waals surface area contributed by atoms with E-state index in [-0.39, 0.29) is 17.9 Å². The summed E-state index contributed by atoms with van der Waals surface area (Å²) >= 11 is 12.6. The summed E-state index contributed by atoms with van der Waals surface area (Å²) in [6.07, 6.45) is 0.954. The molecule has 5 nitrogen and oxygen atoms in total. The zero-order valence-corrected chi connectivity index (χ0v) is 17.7. The van der Waals surface area contributed by atoms with Gasteiger partial charge >= 0.3 is 0 Å². The summed E-state index contributed by atoms with van der Waals surface area (Å²) in [5.41, 5.74) is 3.67. The van der Waals surface area contributed by atoms with Crippen molar-refractivity contribution < 1.29 is 9.59 Å². The van der Waals surface area contributed by atoms with E-state index in [4.69, 9.17) is 23.2 Å². The largest absolute Gasteiger partial charge is 0.274 e. The molecule has 3 aliphatic rings. The lowest BCUT2D eigenvalue weighted by molar-refractivity contribution is -0.126. The van der Waals surface area contributed by atoms with Crippen LogP contribution in [0.3, 0.4) is 0 Å². The SMILES string of the molecule is Cc1ccc(N2C(=O)[C@H]3[C@@H](c4ccc(Cl)cc4Cl)N4CCCN4[C@H]3C2=O)cc1C. The van der Waals surface area contributed by atoms with Crippen LogP contribution in [-0.4, -0.2) is 41.0 Å². The van der Waals surface area contributed by atoms with E-state index in [0.717, 1.165) is 36.2 Å². The minimum atomic E-state index is -0.483. The van der Waals surface area contributed by atoms with Crippen molar-refractivity contribution >= 4 is 40.7 Å². The molecule has 0 unspecified atom stereocenters. The molecule has 0 N–H and O–H groups in total. The Morgan fingerprint density at radius 1 is 0.862 bits per heavy atom. The first-order chi connectivity index (χ1) is 13.9. The highest BCUT2D eigenvalue weighted by molar-refractivity contribution is 6.35. The lowest BCUT2D eigenvalue weighted by atomic mass is 9.90. The van der Waals surface area contributed by atoms with E-state index in [1.807, 2.05) is 38.1 Å². The fourth-order valence-corrected chi connectivity index (χ4v) is 5.47. The van der Waals surface area contributed by atoms with Crippen molar-refractivity contribution in [2.75, 3.05) is 18.0 Å². The van der Waals surface area contributed by atoms with Crippen LogP contribution in [0.2, 0.25) is 10.0 Å². The van der Waals surface area contributed by atoms with Crippen LogP contribution >= 0.6 is 23.2 Å². The monoisotopic (exact) mass is 429 g/mol. The molecule has 3 aliphatic heterocycles. The Balaban J connectivity index is 1.60. The molecule has 150 valence electrons. The molecule has 5 rings (SSSR count). The van der Waals surface area contributed by atoms with Crippen LogP contribution in [0.15, 0.2) is 36.4 Å². The topological polar surface area (TPSA) is 43.9 Å². The van der Waals surface area contributed by atoms with Gasteiger partial charge in [-0.05, 0) is 61.2 Å². The normalized spacial score (nSPS) is 27.0. The molecule has 3 heterocycles. The van der Waals surface area contributed by atoms with E-state index < -0.39 is 12.0 Å². The van der Waals surface area contributed by atoms with Crippen molar-refractivity contribution in [2.45, 2.75) is 32.4 Å². The molecule has 0 bridgehead atoms. The lowest BCUT2D eigenvalue weighted by Gasteiger charge is -2.30. The second-order valence-electron chi connectivity index (χ2n) is 8.04. The molecule has 3 saturated heterocycles. The number of anilines is 1. The molecular formula is C22H21Cl2N3O2. The standard InChI is InChI=1S/C22H21Cl2N3O2/c1-12-4-6-15(10-13(12)2)27-21(28)18-19(16-7-5-14(23)11-17(16)24)25-8-3-9-26(25)20(18)22(27)29/h4-7,10-11,18-20H,3,8-9H2,1-2H3/t18-,19+,20+/m0/s1. The Hall–Kier alpha value is -1.92. The van der Waals surface area contributed by atoms with Gasteiger partial charge in [-0.3, -0.25) is 9.59 Å². The summed E-state index contributed by atoms with van der Waals surface area (Å²) in [6.45, 7) is 5.58. The van der Waals surface area contributed by atoms with Crippen LogP contribution in [0.1, 0.15) is 29.2 Å². The minimum absolute atomic E-state index is 0.150. The number of nitrogens with zero attached hydrogens (tertiary/aromatic N) is 3. The first kappa shape index (κ1) is 19.1. The molecule has 7 heteroatoms. The maximum atomic E-state index is 13.6. The summed E-state index contributed by atoms with van der Waals surface area (Å²) in [7, 11) is 0. The Morgan fingerprint density at radius 3 is 2.28 bits per heavy atom. The van der Waals surface area contributed by atoms with Crippen LogP contribution < -0.4 is 4.90 Å². The smallest absolute Gasteiger partial charge is 0.253 e. The van der Waals surface area contributed by atoms with Gasteiger partial charge in [-0.15, -0.1) is 0 Å². The van der Waals surface area contributed by atoms with Gasteiger partial charge in [-0.2, -0.15) is 0 Å². The Morgan fingerprint density at radius 2 is 1.59 bits per heavy atom. The average Bonchev–Trinajstić information content (AvgIpc) is 3.31. The highest BCUT2D eigenvalue weighted by Crippen LogP contribution is 2.50. The summed E-state index contributed by atoms with van der Waals surface area (Å²) in [5, 5.41) is 5.30. The fourth-order valence-electron chi connectivity index (χ4n) is 4.95. The van der Waals surface area contributed by atoms with Crippen LogP contribution in [0, 0.1) is 19.8 Å². The quantitative estimate of drug-likeness (QED) is 0.672. The van der Waals surface area contributed by atoms with Crippen molar-refractivity contribution in [2.24, 2.45) is 5.92 Å². The van der Waals surface area contributed by atoms with E-state index in [1.54, 1.807) is 12.1 Å². The molecule has 2 aromatic rings. The van der Waals surface area contributed by atoms with Gasteiger partial charge in [-0.25, -0.2) is 14.9 Å². The van der Waals surface area contributed by atoms with Gasteiger partial charge in [0.2, 0.25) is 5.91 Å². The zero-order valence-electron chi connectivity index (χ0n) is 16.2. The van der Waals surface area contributed by atoms with E-state index in [2.05, 4.69) is 10.0 Å². The fraction of sp³-hybridized carbons (Fsp3) is 0.364. The number of rotatable bonds is 2. The molecule has 2 amide bonds. The first-order valence-electron chi connectivity index (χ1n) is 9.81. The second-order valence-corrected chi connectivity index (χ2v) is 8.89. The third-order valence-corrected chi connectivity index (χ3v) is 7.00. The predicted molar refractivity (Wildman–Crippen MR) is 113 cm³/mol. The van der Waals surface area contributed by atoms with Gasteiger partial charge in [0, 0.05) is 23.1 Å². The molecule has 0 aromatic heterocycles. The number of hydrazine groups is 1. The Labute approximate surface area is 179 Å². The summed E-state index contributed by atoms with van der Waals surface area (Å²) in [5.74, 6) is -0.792. The van der Waals surface area contributed by atoms with Crippen LogP contribution in [0.5, 0.6) is 0 Å². The number of carbonyl (C=O) groups is 2. The van der Waals surface area contributed by atoms with Gasteiger partial charge in [0.1, 0.15) is 6.04 Å². The molecule has 3 fully saturated rings. The van der Waals surface area contributed by atoms with Crippen molar-refractivity contribution in [3.05, 3.63) is 63.1 Å². The molecule has 0 spiro atoms. The van der Waals surface area contributed by atoms with Gasteiger partial charge in [0.15, 0.2) is 0 Å². The number of amides is 2. The highest BCUT2D eigenvalue weighted by Gasteiger charge is 2.63. The van der Waals surface area contributed by atoms with Crippen molar-refractivity contribution in [1.29, 1.82) is 0 Å². The number of hydrogen-bond donors (Lipinski definition) is 0. The summed E-state index contributed by atoms with van der Waals surface area (Å²) < 4.78 is 0. The van der Waals surface area contributed by atoms with E-state index in [1.165, 1.54) is 4.90 Å². The molecule has 0 radical (unpaired) electrons. The Bertz CT molecular complexity index is 1040. The van der Waals surface area contributed by atoms with Crippen molar-refractivity contribution in [1.82, 2.24) is 10.0 Å². The molecular weight excluding hydrogens is 409 g/mol. The lowest BCUT2D eigenvalue weighted by Crippen LogP contribution is -2.44. The number of carbonyl (C=O) groups excluding carboxylic acids is 2. The van der Waals surface area contributed by atoms with Crippen molar-refractivity contribution in [3.8, 4) is 0 Å². The molecule has 29 heavy (non-hydrogen) atoms. The highest BCUT2D eigenvalue weighted by atomic mass is 35.5. The number of aryl methyl sites for hydroxylation is 2. The number of benzene rings is 2. The molecule has 0 saturated carbocycles. The zero-order chi connectivity index (χ0) is 20.4. The number of halogens is 2. The van der Waals surface area contributed by atoms with Gasteiger partial charge in [0.25, 0.3) is 5.91 Å². The van der Waals surface area contributed by atoms with E-state index in [9.17, 15) is 9.59 Å².